The second-order valence-corrected chi connectivity index (χ2v) is 8.06. The Bertz CT molecular complexity index is 1070. The van der Waals surface area contributed by atoms with Crippen molar-refractivity contribution in [3.05, 3.63) is 85.8 Å². The fraction of sp³-hybridized carbons (Fsp3) is 0.136. The average molecular weight is 511 g/mol. The van der Waals surface area contributed by atoms with Gasteiger partial charge in [0.2, 0.25) is 0 Å². The zero-order valence-corrected chi connectivity index (χ0v) is 19.0. The van der Waals surface area contributed by atoms with Gasteiger partial charge in [0.05, 0.1) is 17.7 Å². The van der Waals surface area contributed by atoms with Gasteiger partial charge in [-0.1, -0.05) is 51.3 Å². The summed E-state index contributed by atoms with van der Waals surface area (Å²) in [6.07, 6.45) is 0. The third-order valence-electron chi connectivity index (χ3n) is 4.30. The molecule has 8 heteroatoms. The molecule has 0 spiro atoms. The highest BCUT2D eigenvalue weighted by atomic mass is 79.9. The molecule has 3 aromatic rings. The van der Waals surface area contributed by atoms with Gasteiger partial charge in [-0.3, -0.25) is 0 Å². The Morgan fingerprint density at radius 2 is 1.90 bits per heavy atom. The third kappa shape index (κ3) is 5.59. The second-order valence-electron chi connectivity index (χ2n) is 6.37. The van der Waals surface area contributed by atoms with Gasteiger partial charge in [-0.2, -0.15) is 0 Å². The van der Waals surface area contributed by atoms with Crippen molar-refractivity contribution in [3.63, 3.8) is 0 Å². The first kappa shape index (κ1) is 22.3. The van der Waals surface area contributed by atoms with Crippen LogP contribution in [-0.2, 0) is 13.2 Å². The highest BCUT2D eigenvalue weighted by Gasteiger charge is 2.13. The molecule has 0 amide bonds. The number of ether oxygens (including phenoxy) is 2. The lowest BCUT2D eigenvalue weighted by Crippen LogP contribution is -2.04. The molecule has 0 saturated carbocycles. The number of hydrogen-bond acceptors (Lipinski definition) is 4. The Kier molecular flexibility index (Phi) is 7.48. The fourth-order valence-corrected chi connectivity index (χ4v) is 3.64. The number of aromatic carboxylic acids is 1. The molecule has 156 valence electrons. The first-order chi connectivity index (χ1) is 14.4. The molecule has 0 bridgehead atoms. The van der Waals surface area contributed by atoms with E-state index in [1.165, 1.54) is 6.07 Å². The van der Waals surface area contributed by atoms with Crippen molar-refractivity contribution in [1.82, 2.24) is 0 Å². The minimum atomic E-state index is -1.08. The van der Waals surface area contributed by atoms with Gasteiger partial charge in [0.15, 0.2) is 11.5 Å². The molecular weight excluding hydrogens is 493 g/mol. The first-order valence-corrected chi connectivity index (χ1v) is 10.4. The standard InChI is InChI=1S/C22H18BrCl2NO4/c1-29-20-8-14(11-26-16-5-6-19(25)17(9-16)22(27)28)18(23)10-21(20)30-12-13-3-2-4-15(24)7-13/h2-10,26H,11-12H2,1H3,(H,27,28). The number of methoxy groups -OCH3 is 1. The van der Waals surface area contributed by atoms with Gasteiger partial charge < -0.3 is 19.9 Å². The predicted molar refractivity (Wildman–Crippen MR) is 122 cm³/mol. The lowest BCUT2D eigenvalue weighted by atomic mass is 10.1. The predicted octanol–water partition coefficient (Wildman–Crippen LogP) is 6.65. The summed E-state index contributed by atoms with van der Waals surface area (Å²) in [5.74, 6) is 0.0971. The Morgan fingerprint density at radius 3 is 2.60 bits per heavy atom. The molecule has 0 atom stereocenters. The van der Waals surface area contributed by atoms with Gasteiger partial charge >= 0.3 is 5.97 Å². The van der Waals surface area contributed by atoms with Crippen molar-refractivity contribution >= 4 is 50.8 Å². The Labute approximate surface area is 192 Å². The smallest absolute Gasteiger partial charge is 0.337 e. The van der Waals surface area contributed by atoms with Gasteiger partial charge in [-0.15, -0.1) is 0 Å². The molecule has 3 rings (SSSR count). The maximum Gasteiger partial charge on any atom is 0.337 e. The molecule has 5 nitrogen and oxygen atoms in total. The van der Waals surface area contributed by atoms with Crippen LogP contribution < -0.4 is 14.8 Å². The fourth-order valence-electron chi connectivity index (χ4n) is 2.77. The summed E-state index contributed by atoms with van der Waals surface area (Å²) < 4.78 is 12.2. The van der Waals surface area contributed by atoms with E-state index in [1.807, 2.05) is 36.4 Å². The van der Waals surface area contributed by atoms with E-state index in [9.17, 15) is 9.90 Å². The van der Waals surface area contributed by atoms with Crippen molar-refractivity contribution in [2.45, 2.75) is 13.2 Å². The van der Waals surface area contributed by atoms with Crippen LogP contribution in [0, 0.1) is 0 Å². The van der Waals surface area contributed by atoms with Crippen molar-refractivity contribution < 1.29 is 19.4 Å². The quantitative estimate of drug-likeness (QED) is 0.355. The van der Waals surface area contributed by atoms with E-state index in [-0.39, 0.29) is 10.6 Å². The van der Waals surface area contributed by atoms with Crippen LogP contribution in [0.3, 0.4) is 0 Å². The third-order valence-corrected chi connectivity index (χ3v) is 5.60. The van der Waals surface area contributed by atoms with Crippen LogP contribution >= 0.6 is 39.1 Å². The van der Waals surface area contributed by atoms with Gasteiger partial charge in [-0.05, 0) is 53.6 Å². The Balaban J connectivity index is 1.73. The topological polar surface area (TPSA) is 67.8 Å². The Hall–Kier alpha value is -2.41. The summed E-state index contributed by atoms with van der Waals surface area (Å²) in [6.45, 7) is 0.788. The van der Waals surface area contributed by atoms with Crippen LogP contribution in [0.4, 0.5) is 5.69 Å². The van der Waals surface area contributed by atoms with Crippen molar-refractivity contribution in [2.24, 2.45) is 0 Å². The molecule has 0 saturated heterocycles. The van der Waals surface area contributed by atoms with Gasteiger partial charge in [0, 0.05) is 21.7 Å². The maximum atomic E-state index is 11.2. The van der Waals surface area contributed by atoms with Gasteiger partial charge in [0.1, 0.15) is 6.61 Å². The number of carboxylic acid groups (broad SMARTS) is 1. The van der Waals surface area contributed by atoms with Crippen molar-refractivity contribution in [3.8, 4) is 11.5 Å². The largest absolute Gasteiger partial charge is 0.493 e. The number of carbonyl (C=O) groups is 1. The first-order valence-electron chi connectivity index (χ1n) is 8.87. The van der Waals surface area contributed by atoms with Crippen LogP contribution in [0.25, 0.3) is 0 Å². The van der Waals surface area contributed by atoms with Gasteiger partial charge in [0.25, 0.3) is 0 Å². The molecule has 0 fully saturated rings. The van der Waals surface area contributed by atoms with Crippen LogP contribution in [-0.4, -0.2) is 18.2 Å². The number of anilines is 1. The number of rotatable bonds is 8. The zero-order chi connectivity index (χ0) is 21.7. The molecule has 0 aliphatic rings. The number of nitrogens with one attached hydrogen (secondary N) is 1. The van der Waals surface area contributed by atoms with Crippen molar-refractivity contribution in [1.29, 1.82) is 0 Å². The normalized spacial score (nSPS) is 10.5. The Morgan fingerprint density at radius 1 is 1.10 bits per heavy atom. The van der Waals surface area contributed by atoms with E-state index >= 15 is 0 Å². The van der Waals surface area contributed by atoms with Gasteiger partial charge in [-0.25, -0.2) is 4.79 Å². The van der Waals surface area contributed by atoms with E-state index in [0.717, 1.165) is 15.6 Å². The minimum Gasteiger partial charge on any atom is -0.493 e. The van der Waals surface area contributed by atoms with E-state index in [1.54, 1.807) is 19.2 Å². The summed E-state index contributed by atoms with van der Waals surface area (Å²) in [5, 5.41) is 13.2. The molecule has 0 radical (unpaired) electrons. The van der Waals surface area contributed by atoms with Crippen molar-refractivity contribution in [2.75, 3.05) is 12.4 Å². The van der Waals surface area contributed by atoms with Crippen LogP contribution in [0.2, 0.25) is 10.0 Å². The van der Waals surface area contributed by atoms with E-state index in [2.05, 4.69) is 21.2 Å². The summed E-state index contributed by atoms with van der Waals surface area (Å²) in [5.41, 5.74) is 2.55. The lowest BCUT2D eigenvalue weighted by Gasteiger charge is -2.15. The number of hydrogen-bond donors (Lipinski definition) is 2. The van der Waals surface area contributed by atoms with E-state index in [0.29, 0.717) is 35.4 Å². The molecule has 2 N–H and O–H groups in total. The van der Waals surface area contributed by atoms with E-state index < -0.39 is 5.97 Å². The molecule has 0 heterocycles. The van der Waals surface area contributed by atoms with Crippen LogP contribution in [0.15, 0.2) is 59.1 Å². The summed E-state index contributed by atoms with van der Waals surface area (Å²) in [7, 11) is 1.57. The number of benzene rings is 3. The molecule has 3 aromatic carbocycles. The van der Waals surface area contributed by atoms with E-state index in [4.69, 9.17) is 32.7 Å². The maximum absolute atomic E-state index is 11.2. The highest BCUT2D eigenvalue weighted by molar-refractivity contribution is 9.10. The molecule has 0 unspecified atom stereocenters. The monoisotopic (exact) mass is 509 g/mol. The summed E-state index contributed by atoms with van der Waals surface area (Å²) in [4.78, 5) is 11.2. The molecule has 0 aromatic heterocycles. The van der Waals surface area contributed by atoms with Crippen LogP contribution in [0.1, 0.15) is 21.5 Å². The number of carboxylic acids is 1. The second kappa shape index (κ2) is 10.1. The molecule has 0 aliphatic heterocycles. The minimum absolute atomic E-state index is 0.0445. The zero-order valence-electron chi connectivity index (χ0n) is 15.9. The molecule has 30 heavy (non-hydrogen) atoms. The lowest BCUT2D eigenvalue weighted by molar-refractivity contribution is 0.0697. The SMILES string of the molecule is COc1cc(CNc2ccc(Cl)c(C(=O)O)c2)c(Br)cc1OCc1cccc(Cl)c1. The average Bonchev–Trinajstić information content (AvgIpc) is 2.72. The number of halogens is 3. The molecular formula is C22H18BrCl2NO4. The summed E-state index contributed by atoms with van der Waals surface area (Å²) in [6, 6.07) is 15.9. The summed E-state index contributed by atoms with van der Waals surface area (Å²) >= 11 is 15.5. The van der Waals surface area contributed by atoms with Crippen LogP contribution in [0.5, 0.6) is 11.5 Å². The highest BCUT2D eigenvalue weighted by Crippen LogP contribution is 2.34. The molecule has 0 aliphatic carbocycles.